The topological polar surface area (TPSA) is 98.8 Å². The van der Waals surface area contributed by atoms with Crippen LogP contribution in [0.5, 0.6) is 0 Å². The van der Waals surface area contributed by atoms with Crippen molar-refractivity contribution in [3.05, 3.63) is 81.8 Å². The number of nitriles is 2. The Bertz CT molecular complexity index is 1170. The molecule has 2 aromatic carbocycles. The molecular weight excluding hydrogens is 386 g/mol. The van der Waals surface area contributed by atoms with Crippen LogP contribution in [0.1, 0.15) is 22.3 Å². The number of sulfone groups is 1. The Labute approximate surface area is 160 Å². The van der Waals surface area contributed by atoms with E-state index in [1.807, 2.05) is 0 Å². The number of halogens is 2. The van der Waals surface area contributed by atoms with Crippen molar-refractivity contribution in [3.8, 4) is 12.1 Å². The minimum absolute atomic E-state index is 0.0277. The molecule has 0 amide bonds. The van der Waals surface area contributed by atoms with Gasteiger partial charge in [0.05, 0.1) is 23.3 Å². The Kier molecular flexibility index (Phi) is 6.54. The lowest BCUT2D eigenvalue weighted by molar-refractivity contribution is -0.112. The fourth-order valence-electron chi connectivity index (χ4n) is 2.12. The first-order chi connectivity index (χ1) is 13.2. The van der Waals surface area contributed by atoms with Gasteiger partial charge in [-0.05, 0) is 42.5 Å². The molecule has 0 saturated carbocycles. The third-order valence-corrected chi connectivity index (χ3v) is 4.74. The molecule has 0 aromatic heterocycles. The lowest BCUT2D eigenvalue weighted by atomic mass is 10.1. The summed E-state index contributed by atoms with van der Waals surface area (Å²) in [5.41, 5.74) is 0.182. The maximum atomic E-state index is 13.7. The second-order valence-corrected chi connectivity index (χ2v) is 7.49. The van der Waals surface area contributed by atoms with Crippen LogP contribution in [0.2, 0.25) is 0 Å². The summed E-state index contributed by atoms with van der Waals surface area (Å²) < 4.78 is 51.4. The van der Waals surface area contributed by atoms with E-state index in [1.165, 1.54) is 24.3 Å². The highest BCUT2D eigenvalue weighted by atomic mass is 32.2. The van der Waals surface area contributed by atoms with Gasteiger partial charge in [0.25, 0.3) is 0 Å². The molecule has 0 spiro atoms. The zero-order chi connectivity index (χ0) is 20.7. The van der Waals surface area contributed by atoms with Crippen molar-refractivity contribution < 1.29 is 22.0 Å². The lowest BCUT2D eigenvalue weighted by Crippen LogP contribution is -2.11. The minimum Gasteiger partial charge on any atom is -0.294 e. The molecule has 0 bridgehead atoms. The predicted molar refractivity (Wildman–Crippen MR) is 99.1 cm³/mol. The van der Waals surface area contributed by atoms with E-state index in [2.05, 4.69) is 0 Å². The van der Waals surface area contributed by atoms with E-state index < -0.39 is 33.0 Å². The van der Waals surface area contributed by atoms with Gasteiger partial charge in [-0.2, -0.15) is 10.5 Å². The molecule has 0 radical (unpaired) electrons. The summed E-state index contributed by atoms with van der Waals surface area (Å²) in [5.74, 6) is -3.17. The zero-order valence-corrected chi connectivity index (χ0v) is 15.1. The van der Waals surface area contributed by atoms with Crippen LogP contribution >= 0.6 is 0 Å². The Morgan fingerprint density at radius 3 is 1.89 bits per heavy atom. The van der Waals surface area contributed by atoms with Crippen molar-refractivity contribution in [2.75, 3.05) is 5.75 Å². The van der Waals surface area contributed by atoms with E-state index in [0.717, 1.165) is 30.4 Å². The normalized spacial score (nSPS) is 11.4. The first-order valence-corrected chi connectivity index (χ1v) is 9.46. The Morgan fingerprint density at radius 1 is 0.929 bits per heavy atom. The summed E-state index contributed by atoms with van der Waals surface area (Å²) in [6.07, 6.45) is 3.01. The lowest BCUT2D eigenvalue weighted by Gasteiger charge is -1.99. The van der Waals surface area contributed by atoms with Crippen LogP contribution in [-0.2, 0) is 14.6 Å². The molecule has 0 unspecified atom stereocenters. The van der Waals surface area contributed by atoms with Crippen molar-refractivity contribution in [2.45, 2.75) is 0 Å². The Hall–Kier alpha value is -3.62. The van der Waals surface area contributed by atoms with Gasteiger partial charge in [0.1, 0.15) is 17.4 Å². The molecular formula is C20H12F2N2O3S. The van der Waals surface area contributed by atoms with Gasteiger partial charge in [-0.25, -0.2) is 17.2 Å². The van der Waals surface area contributed by atoms with Crippen LogP contribution in [0.15, 0.2) is 47.9 Å². The summed E-state index contributed by atoms with van der Waals surface area (Å²) >= 11 is 0. The molecule has 0 heterocycles. The fraction of sp³-hybridized carbons (Fsp3) is 0.0500. The van der Waals surface area contributed by atoms with Crippen LogP contribution in [-0.4, -0.2) is 20.0 Å². The number of hydrogen-bond donors (Lipinski definition) is 0. The van der Waals surface area contributed by atoms with Crippen LogP contribution in [0, 0.1) is 34.3 Å². The van der Waals surface area contributed by atoms with Crippen LogP contribution in [0.3, 0.4) is 0 Å². The van der Waals surface area contributed by atoms with Gasteiger partial charge in [0, 0.05) is 16.5 Å². The van der Waals surface area contributed by atoms with Gasteiger partial charge >= 0.3 is 0 Å². The highest BCUT2D eigenvalue weighted by Crippen LogP contribution is 2.14. The average Bonchev–Trinajstić information content (AvgIpc) is 2.65. The quantitative estimate of drug-likeness (QED) is 0.695. The van der Waals surface area contributed by atoms with Crippen molar-refractivity contribution in [3.63, 3.8) is 0 Å². The van der Waals surface area contributed by atoms with E-state index in [4.69, 9.17) is 10.5 Å². The molecule has 0 N–H and O–H groups in total. The predicted octanol–water partition coefficient (Wildman–Crippen LogP) is 3.38. The van der Waals surface area contributed by atoms with Crippen molar-refractivity contribution in [2.24, 2.45) is 0 Å². The van der Waals surface area contributed by atoms with E-state index >= 15 is 0 Å². The standard InChI is InChI=1S/C20H12F2N2O3S/c21-19-9-14(11-23)1-3-16(19)5-6-18(25)13-28(26,27)8-7-17-4-2-15(12-24)10-20(17)22/h1-10H,13H2/b6-5-,8-7+. The maximum absolute atomic E-state index is 13.7. The second-order valence-electron chi connectivity index (χ2n) is 5.61. The largest absolute Gasteiger partial charge is 0.294 e. The average molecular weight is 398 g/mol. The molecule has 0 atom stereocenters. The van der Waals surface area contributed by atoms with Crippen LogP contribution < -0.4 is 0 Å². The van der Waals surface area contributed by atoms with Crippen molar-refractivity contribution >= 4 is 27.8 Å². The second kappa shape index (κ2) is 8.85. The van der Waals surface area contributed by atoms with Crippen molar-refractivity contribution in [1.82, 2.24) is 0 Å². The highest BCUT2D eigenvalue weighted by molar-refractivity contribution is 7.95. The van der Waals surface area contributed by atoms with Gasteiger partial charge < -0.3 is 0 Å². The van der Waals surface area contributed by atoms with E-state index in [-0.39, 0.29) is 22.3 Å². The summed E-state index contributed by atoms with van der Waals surface area (Å²) in [6, 6.07) is 10.7. The Morgan fingerprint density at radius 2 is 1.43 bits per heavy atom. The van der Waals surface area contributed by atoms with Crippen molar-refractivity contribution in [1.29, 1.82) is 10.5 Å². The third kappa shape index (κ3) is 5.70. The van der Waals surface area contributed by atoms with Gasteiger partial charge in [-0.15, -0.1) is 0 Å². The number of allylic oxidation sites excluding steroid dienone is 1. The van der Waals surface area contributed by atoms with Gasteiger partial charge in [-0.3, -0.25) is 4.79 Å². The van der Waals surface area contributed by atoms with E-state index in [1.54, 1.807) is 12.1 Å². The number of ketones is 1. The zero-order valence-electron chi connectivity index (χ0n) is 14.3. The molecule has 140 valence electrons. The molecule has 5 nitrogen and oxygen atoms in total. The molecule has 0 aliphatic rings. The van der Waals surface area contributed by atoms with Gasteiger partial charge in [0.15, 0.2) is 15.6 Å². The van der Waals surface area contributed by atoms with Crippen LogP contribution in [0.25, 0.3) is 12.2 Å². The number of hydrogen-bond acceptors (Lipinski definition) is 5. The summed E-state index contributed by atoms with van der Waals surface area (Å²) in [6.45, 7) is 0. The number of benzene rings is 2. The third-order valence-electron chi connectivity index (χ3n) is 3.51. The first kappa shape index (κ1) is 20.7. The summed E-state index contributed by atoms with van der Waals surface area (Å²) in [7, 11) is -3.99. The maximum Gasteiger partial charge on any atom is 0.179 e. The number of rotatable bonds is 6. The molecule has 2 aromatic rings. The first-order valence-electron chi connectivity index (χ1n) is 7.75. The summed E-state index contributed by atoms with van der Waals surface area (Å²) in [4.78, 5) is 11.8. The number of nitrogens with zero attached hydrogens (tertiary/aromatic N) is 2. The van der Waals surface area contributed by atoms with E-state index in [9.17, 15) is 22.0 Å². The summed E-state index contributed by atoms with van der Waals surface area (Å²) in [5, 5.41) is 18.1. The molecule has 2 rings (SSSR count). The van der Waals surface area contributed by atoms with E-state index in [0.29, 0.717) is 5.41 Å². The molecule has 8 heteroatoms. The number of carbonyl (C=O) groups is 1. The Balaban J connectivity index is 2.08. The monoisotopic (exact) mass is 398 g/mol. The molecule has 0 aliphatic carbocycles. The molecule has 0 saturated heterocycles. The highest BCUT2D eigenvalue weighted by Gasteiger charge is 2.12. The van der Waals surface area contributed by atoms with Gasteiger partial charge in [0.2, 0.25) is 0 Å². The fourth-order valence-corrected chi connectivity index (χ4v) is 3.06. The minimum atomic E-state index is -3.99. The smallest absolute Gasteiger partial charge is 0.179 e. The van der Waals surface area contributed by atoms with Crippen LogP contribution in [0.4, 0.5) is 8.78 Å². The molecule has 0 fully saturated rings. The number of carbonyl (C=O) groups excluding carboxylic acids is 1. The van der Waals surface area contributed by atoms with Gasteiger partial charge in [-0.1, -0.05) is 12.1 Å². The molecule has 28 heavy (non-hydrogen) atoms. The molecule has 0 aliphatic heterocycles. The SMILES string of the molecule is N#Cc1ccc(/C=C\C(=O)CS(=O)(=O)/C=C/c2ccc(C#N)cc2F)c(F)c1.